The minimum atomic E-state index is 1.05. The number of rotatable bonds is 3. The molecule has 0 aliphatic heterocycles. The van der Waals surface area contributed by atoms with Gasteiger partial charge in [-0.05, 0) is 19.9 Å². The van der Waals surface area contributed by atoms with E-state index >= 15 is 0 Å². The molecule has 0 aliphatic rings. The topological polar surface area (TPSA) is 3.24 Å². The van der Waals surface area contributed by atoms with Crippen molar-refractivity contribution in [1.82, 2.24) is 0 Å². The summed E-state index contributed by atoms with van der Waals surface area (Å²) in [4.78, 5) is 2.03. The quantitative estimate of drug-likeness (QED) is 0.675. The Morgan fingerprint density at radius 2 is 1.85 bits per heavy atom. The first kappa shape index (κ1) is 9.59. The van der Waals surface area contributed by atoms with Crippen molar-refractivity contribution in [2.45, 2.75) is 13.8 Å². The average molecular weight is 172 g/mol. The van der Waals surface area contributed by atoms with Crippen LogP contribution in [0.3, 0.4) is 0 Å². The average Bonchev–Trinajstić information content (AvgIpc) is 2.19. The summed E-state index contributed by atoms with van der Waals surface area (Å²) < 4.78 is 0. The predicted molar refractivity (Wildman–Crippen MR) is 57.4 cm³/mol. The molecule has 1 aromatic rings. The fourth-order valence-corrected chi connectivity index (χ4v) is 1.08. The standard InChI is InChI=1S/C12H14N/c1-3-10-13(11-4-2)12-8-6-5-7-9-12/h3-8,10-11H,1-2H3. The van der Waals surface area contributed by atoms with Gasteiger partial charge in [-0.1, -0.05) is 30.4 Å². The van der Waals surface area contributed by atoms with E-state index in [1.54, 1.807) is 0 Å². The summed E-state index contributed by atoms with van der Waals surface area (Å²) in [5.41, 5.74) is 1.05. The lowest BCUT2D eigenvalue weighted by atomic mass is 10.3. The number of hydrogen-bond acceptors (Lipinski definition) is 1. The Bertz CT molecular complexity index is 273. The smallest absolute Gasteiger partial charge is 0.0528 e. The number of anilines is 1. The first-order valence-electron chi connectivity index (χ1n) is 4.39. The number of nitrogens with zero attached hydrogens (tertiary/aromatic N) is 1. The summed E-state index contributed by atoms with van der Waals surface area (Å²) >= 11 is 0. The molecule has 0 amide bonds. The summed E-state index contributed by atoms with van der Waals surface area (Å²) in [6.07, 6.45) is 8.01. The van der Waals surface area contributed by atoms with Crippen LogP contribution in [0.15, 0.2) is 48.8 Å². The number of allylic oxidation sites excluding steroid dienone is 2. The largest absolute Gasteiger partial charge is 0.324 e. The van der Waals surface area contributed by atoms with E-state index in [2.05, 4.69) is 6.07 Å². The third kappa shape index (κ3) is 2.79. The van der Waals surface area contributed by atoms with Crippen molar-refractivity contribution in [3.63, 3.8) is 0 Å². The van der Waals surface area contributed by atoms with Crippen LogP contribution < -0.4 is 4.90 Å². The van der Waals surface area contributed by atoms with Crippen LogP contribution in [-0.2, 0) is 0 Å². The Kier molecular flexibility index (Phi) is 3.83. The van der Waals surface area contributed by atoms with Gasteiger partial charge in [0.1, 0.15) is 0 Å². The molecule has 67 valence electrons. The van der Waals surface area contributed by atoms with Gasteiger partial charge in [-0.25, -0.2) is 0 Å². The lowest BCUT2D eigenvalue weighted by Crippen LogP contribution is -2.05. The van der Waals surface area contributed by atoms with Crippen molar-refractivity contribution >= 4 is 5.69 Å². The van der Waals surface area contributed by atoms with Crippen LogP contribution in [0.2, 0.25) is 0 Å². The molecule has 0 aliphatic carbocycles. The van der Waals surface area contributed by atoms with Crippen molar-refractivity contribution in [2.24, 2.45) is 0 Å². The highest BCUT2D eigenvalue weighted by Gasteiger charge is 1.95. The van der Waals surface area contributed by atoms with Gasteiger partial charge in [-0.15, -0.1) is 0 Å². The summed E-state index contributed by atoms with van der Waals surface area (Å²) in [6.45, 7) is 4.00. The van der Waals surface area contributed by atoms with Gasteiger partial charge >= 0.3 is 0 Å². The zero-order valence-electron chi connectivity index (χ0n) is 8.07. The van der Waals surface area contributed by atoms with E-state index in [0.717, 1.165) is 5.69 Å². The highest BCUT2D eigenvalue weighted by molar-refractivity contribution is 5.50. The second kappa shape index (κ2) is 5.20. The van der Waals surface area contributed by atoms with Crippen LogP contribution in [0.25, 0.3) is 0 Å². The number of para-hydroxylation sites is 1. The van der Waals surface area contributed by atoms with E-state index in [9.17, 15) is 0 Å². The maximum absolute atomic E-state index is 3.16. The van der Waals surface area contributed by atoms with Crippen LogP contribution in [0.5, 0.6) is 0 Å². The second-order valence-corrected chi connectivity index (χ2v) is 2.62. The zero-order valence-corrected chi connectivity index (χ0v) is 8.07. The van der Waals surface area contributed by atoms with Crippen LogP contribution in [-0.4, -0.2) is 0 Å². The molecular weight excluding hydrogens is 158 g/mol. The molecule has 0 saturated carbocycles. The minimum absolute atomic E-state index is 1.05. The molecule has 1 nitrogen and oxygen atoms in total. The predicted octanol–water partition coefficient (Wildman–Crippen LogP) is 3.36. The van der Waals surface area contributed by atoms with E-state index in [4.69, 9.17) is 0 Å². The van der Waals surface area contributed by atoms with Crippen LogP contribution in [0.4, 0.5) is 5.69 Å². The maximum Gasteiger partial charge on any atom is 0.0528 e. The third-order valence-corrected chi connectivity index (χ3v) is 1.59. The van der Waals surface area contributed by atoms with Gasteiger partial charge in [0.2, 0.25) is 0 Å². The highest BCUT2D eigenvalue weighted by atomic mass is 15.1. The molecule has 0 fully saturated rings. The molecule has 13 heavy (non-hydrogen) atoms. The van der Waals surface area contributed by atoms with E-state index in [0.29, 0.717) is 0 Å². The molecule has 0 unspecified atom stereocenters. The Morgan fingerprint density at radius 3 is 2.31 bits per heavy atom. The highest BCUT2D eigenvalue weighted by Crippen LogP contribution is 2.12. The molecule has 1 heteroatoms. The molecule has 1 radical (unpaired) electrons. The molecule has 1 rings (SSSR count). The molecular formula is C12H14N. The van der Waals surface area contributed by atoms with E-state index in [1.807, 2.05) is 67.6 Å². The molecule has 0 atom stereocenters. The summed E-state index contributed by atoms with van der Waals surface area (Å²) in [5, 5.41) is 0. The van der Waals surface area contributed by atoms with Gasteiger partial charge in [0.05, 0.1) is 5.69 Å². The van der Waals surface area contributed by atoms with Gasteiger partial charge in [0.15, 0.2) is 0 Å². The molecule has 0 aromatic heterocycles. The Hall–Kier alpha value is -1.50. The Morgan fingerprint density at radius 1 is 1.15 bits per heavy atom. The minimum Gasteiger partial charge on any atom is -0.324 e. The SMILES string of the molecule is CC=CN(C=CC)c1[c]cccc1. The fraction of sp³-hybridized carbons (Fsp3) is 0.167. The van der Waals surface area contributed by atoms with Crippen molar-refractivity contribution < 1.29 is 0 Å². The molecule has 0 heterocycles. The van der Waals surface area contributed by atoms with Crippen LogP contribution >= 0.6 is 0 Å². The molecule has 0 spiro atoms. The maximum atomic E-state index is 3.16. The third-order valence-electron chi connectivity index (χ3n) is 1.59. The summed E-state index contributed by atoms with van der Waals surface area (Å²) in [5.74, 6) is 0. The molecule has 0 N–H and O–H groups in total. The first-order valence-corrected chi connectivity index (χ1v) is 4.39. The van der Waals surface area contributed by atoms with Crippen LogP contribution in [0.1, 0.15) is 13.8 Å². The van der Waals surface area contributed by atoms with Crippen molar-refractivity contribution in [3.8, 4) is 0 Å². The summed E-state index contributed by atoms with van der Waals surface area (Å²) in [7, 11) is 0. The van der Waals surface area contributed by atoms with Crippen LogP contribution in [0, 0.1) is 6.07 Å². The molecule has 0 saturated heterocycles. The first-order chi connectivity index (χ1) is 6.38. The Balaban J connectivity index is 2.88. The fourth-order valence-electron chi connectivity index (χ4n) is 1.08. The van der Waals surface area contributed by atoms with Gasteiger partial charge in [-0.3, -0.25) is 0 Å². The lowest BCUT2D eigenvalue weighted by molar-refractivity contribution is 1.26. The zero-order chi connectivity index (χ0) is 9.52. The Labute approximate surface area is 80.0 Å². The number of benzene rings is 1. The monoisotopic (exact) mass is 172 g/mol. The van der Waals surface area contributed by atoms with Gasteiger partial charge in [-0.2, -0.15) is 0 Å². The van der Waals surface area contributed by atoms with Crippen molar-refractivity contribution in [3.05, 3.63) is 54.9 Å². The molecule has 0 bridgehead atoms. The van der Waals surface area contributed by atoms with Crippen molar-refractivity contribution in [2.75, 3.05) is 4.90 Å². The van der Waals surface area contributed by atoms with Gasteiger partial charge in [0, 0.05) is 18.5 Å². The van der Waals surface area contributed by atoms with Crippen molar-refractivity contribution in [1.29, 1.82) is 0 Å². The number of hydrogen-bond donors (Lipinski definition) is 0. The molecule has 1 aromatic carbocycles. The van der Waals surface area contributed by atoms with Gasteiger partial charge in [0.25, 0.3) is 0 Å². The van der Waals surface area contributed by atoms with E-state index < -0.39 is 0 Å². The van der Waals surface area contributed by atoms with E-state index in [1.165, 1.54) is 0 Å². The second-order valence-electron chi connectivity index (χ2n) is 2.62. The summed E-state index contributed by atoms with van der Waals surface area (Å²) in [6, 6.07) is 11.1. The van der Waals surface area contributed by atoms with Gasteiger partial charge < -0.3 is 4.90 Å². The normalized spacial score (nSPS) is 11.2. The van der Waals surface area contributed by atoms with E-state index in [-0.39, 0.29) is 0 Å². The lowest BCUT2D eigenvalue weighted by Gasteiger charge is -2.14.